The molecule has 0 spiro atoms. The van der Waals surface area contributed by atoms with Crippen LogP contribution >= 0.6 is 0 Å². The number of rotatable bonds is 11. The number of carbonyl (C=O) groups excluding carboxylic acids is 3. The summed E-state index contributed by atoms with van der Waals surface area (Å²) in [6.07, 6.45) is 4.05. The Hall–Kier alpha value is -3.94. The van der Waals surface area contributed by atoms with E-state index in [1.54, 1.807) is 20.8 Å². The minimum atomic E-state index is -1.15. The fourth-order valence-corrected chi connectivity index (χ4v) is 4.51. The number of nitrogens with one attached hydrogen (secondary N) is 1. The van der Waals surface area contributed by atoms with E-state index in [0.29, 0.717) is 0 Å². The second-order valence-corrected chi connectivity index (χ2v) is 10.7. The summed E-state index contributed by atoms with van der Waals surface area (Å²) in [4.78, 5) is 53.8. The molecule has 0 aliphatic carbocycles. The predicted octanol–water partition coefficient (Wildman–Crippen LogP) is 4.79. The summed E-state index contributed by atoms with van der Waals surface area (Å²) < 4.78 is 0. The zero-order valence-electron chi connectivity index (χ0n) is 22.7. The van der Waals surface area contributed by atoms with Crippen LogP contribution in [-0.4, -0.2) is 56.3 Å². The second kappa shape index (κ2) is 12.1. The second-order valence-electron chi connectivity index (χ2n) is 10.7. The Balaban J connectivity index is 1.78. The van der Waals surface area contributed by atoms with Crippen molar-refractivity contribution in [2.75, 3.05) is 0 Å². The van der Waals surface area contributed by atoms with Crippen LogP contribution in [-0.2, 0) is 20.9 Å². The highest BCUT2D eigenvalue weighted by molar-refractivity contribution is 6.09. The largest absolute Gasteiger partial charge is 0.481 e. The molecule has 0 radical (unpaired) electrons. The van der Waals surface area contributed by atoms with Crippen LogP contribution in [0.2, 0.25) is 0 Å². The molecule has 1 saturated heterocycles. The number of imide groups is 1. The van der Waals surface area contributed by atoms with Crippen LogP contribution in [0.25, 0.3) is 12.2 Å². The van der Waals surface area contributed by atoms with Gasteiger partial charge in [0.05, 0.1) is 6.42 Å². The van der Waals surface area contributed by atoms with E-state index in [4.69, 9.17) is 5.11 Å². The lowest BCUT2D eigenvalue weighted by molar-refractivity contribution is -0.140. The molecule has 0 aromatic heterocycles. The van der Waals surface area contributed by atoms with Gasteiger partial charge in [-0.3, -0.25) is 14.4 Å². The summed E-state index contributed by atoms with van der Waals surface area (Å²) in [7, 11) is 0. The highest BCUT2D eigenvalue weighted by Crippen LogP contribution is 2.32. The van der Waals surface area contributed by atoms with Crippen LogP contribution in [0.1, 0.15) is 64.2 Å². The Morgan fingerprint density at radius 3 is 2.08 bits per heavy atom. The molecule has 4 amide bonds. The van der Waals surface area contributed by atoms with Crippen LogP contribution in [0.15, 0.2) is 54.6 Å². The molecular weight excluding hydrogens is 482 g/mol. The van der Waals surface area contributed by atoms with Crippen molar-refractivity contribution < 1.29 is 24.3 Å². The highest BCUT2D eigenvalue weighted by atomic mass is 16.4. The van der Waals surface area contributed by atoms with E-state index >= 15 is 0 Å². The van der Waals surface area contributed by atoms with Gasteiger partial charge in [-0.25, -0.2) is 9.69 Å². The minimum Gasteiger partial charge on any atom is -0.481 e. The topological polar surface area (TPSA) is 107 Å². The monoisotopic (exact) mass is 519 g/mol. The van der Waals surface area contributed by atoms with Crippen molar-refractivity contribution in [1.82, 2.24) is 15.1 Å². The van der Waals surface area contributed by atoms with Gasteiger partial charge in [-0.2, -0.15) is 0 Å². The first-order chi connectivity index (χ1) is 17.9. The summed E-state index contributed by atoms with van der Waals surface area (Å²) >= 11 is 0. The number of amides is 4. The quantitative estimate of drug-likeness (QED) is 0.328. The molecule has 0 saturated carbocycles. The van der Waals surface area contributed by atoms with Crippen LogP contribution in [0.5, 0.6) is 0 Å². The maximum atomic E-state index is 13.6. The molecule has 2 N–H and O–H groups in total. The first-order valence-electron chi connectivity index (χ1n) is 12.9. The molecule has 2 atom stereocenters. The average Bonchev–Trinajstić information content (AvgIpc) is 3.01. The molecule has 0 bridgehead atoms. The van der Waals surface area contributed by atoms with Crippen molar-refractivity contribution in [2.24, 2.45) is 5.92 Å². The number of carboxylic acid groups (broad SMARTS) is 1. The normalized spacial score (nSPS) is 16.8. The number of urea groups is 1. The van der Waals surface area contributed by atoms with Crippen molar-refractivity contribution in [1.29, 1.82) is 0 Å². The smallest absolute Gasteiger partial charge is 0.328 e. The number of hydrogen-bond donors (Lipinski definition) is 2. The zero-order valence-corrected chi connectivity index (χ0v) is 22.7. The number of carboxylic acids is 1. The van der Waals surface area contributed by atoms with Gasteiger partial charge in [0, 0.05) is 12.6 Å². The lowest BCUT2D eigenvalue weighted by atomic mass is 9.99. The van der Waals surface area contributed by atoms with Crippen LogP contribution < -0.4 is 5.32 Å². The predicted molar refractivity (Wildman–Crippen MR) is 147 cm³/mol. The van der Waals surface area contributed by atoms with Crippen LogP contribution in [0.3, 0.4) is 0 Å². The SMILES string of the molecule is CC(C)C[C@@H](C(=O)N[C@H](C)CC(=O)O)N1C(=O)N(Cc2ccc(/C=C/c3ccccc3)cc2)C(C)(C)C1=O. The Labute approximate surface area is 224 Å². The molecule has 8 heteroatoms. The van der Waals surface area contributed by atoms with E-state index in [1.807, 2.05) is 80.6 Å². The van der Waals surface area contributed by atoms with E-state index in [9.17, 15) is 19.2 Å². The Kier molecular flexibility index (Phi) is 9.09. The van der Waals surface area contributed by atoms with Crippen molar-refractivity contribution in [3.05, 3.63) is 71.3 Å². The maximum absolute atomic E-state index is 13.6. The van der Waals surface area contributed by atoms with Crippen LogP contribution in [0, 0.1) is 5.92 Å². The number of benzene rings is 2. The third-order valence-corrected chi connectivity index (χ3v) is 6.62. The highest BCUT2D eigenvalue weighted by Gasteiger charge is 2.54. The fourth-order valence-electron chi connectivity index (χ4n) is 4.51. The van der Waals surface area contributed by atoms with Gasteiger partial charge in [0.15, 0.2) is 0 Å². The summed E-state index contributed by atoms with van der Waals surface area (Å²) in [5.41, 5.74) is 1.81. The Morgan fingerprint density at radius 1 is 0.947 bits per heavy atom. The third-order valence-electron chi connectivity index (χ3n) is 6.62. The van der Waals surface area contributed by atoms with Gasteiger partial charge in [-0.05, 0) is 49.8 Å². The van der Waals surface area contributed by atoms with Crippen molar-refractivity contribution in [3.8, 4) is 0 Å². The van der Waals surface area contributed by atoms with Crippen molar-refractivity contribution in [2.45, 2.75) is 71.6 Å². The van der Waals surface area contributed by atoms with Gasteiger partial charge >= 0.3 is 12.0 Å². The molecule has 1 aliphatic heterocycles. The van der Waals surface area contributed by atoms with E-state index in [0.717, 1.165) is 21.6 Å². The minimum absolute atomic E-state index is 0.0229. The maximum Gasteiger partial charge on any atom is 0.328 e. The molecular formula is C30H37N3O5. The van der Waals surface area contributed by atoms with Gasteiger partial charge in [-0.15, -0.1) is 0 Å². The van der Waals surface area contributed by atoms with E-state index < -0.39 is 41.4 Å². The van der Waals surface area contributed by atoms with Crippen molar-refractivity contribution >= 4 is 36.0 Å². The molecule has 2 aromatic carbocycles. The van der Waals surface area contributed by atoms with E-state index in [2.05, 4.69) is 5.32 Å². The van der Waals surface area contributed by atoms with Gasteiger partial charge in [-0.1, -0.05) is 80.6 Å². The number of hydrogen-bond acceptors (Lipinski definition) is 4. The average molecular weight is 520 g/mol. The summed E-state index contributed by atoms with van der Waals surface area (Å²) in [6.45, 7) is 8.97. The molecule has 0 unspecified atom stereocenters. The van der Waals surface area contributed by atoms with Gasteiger partial charge in [0.2, 0.25) is 5.91 Å². The lowest BCUT2D eigenvalue weighted by Crippen LogP contribution is -2.53. The molecule has 1 heterocycles. The standard InChI is InChI=1S/C30H37N3O5/c1-20(2)17-25(27(36)31-21(3)18-26(34)35)33-28(37)30(4,5)32(29(33)38)19-24-15-13-23(14-16-24)12-11-22-9-7-6-8-10-22/h6-16,20-21,25H,17-19H2,1-5H3,(H,31,36)(H,34,35)/b12-11+/t21-,25+/m1/s1. The lowest BCUT2D eigenvalue weighted by Gasteiger charge is -2.28. The summed E-state index contributed by atoms with van der Waals surface area (Å²) in [6, 6.07) is 15.5. The first kappa shape index (κ1) is 28.6. The third kappa shape index (κ3) is 6.88. The molecule has 2 aromatic rings. The van der Waals surface area contributed by atoms with Gasteiger partial charge in [0.25, 0.3) is 5.91 Å². The molecule has 1 fully saturated rings. The first-order valence-corrected chi connectivity index (χ1v) is 12.9. The van der Waals surface area contributed by atoms with Gasteiger partial charge in [0.1, 0.15) is 11.6 Å². The van der Waals surface area contributed by atoms with E-state index in [1.165, 1.54) is 4.90 Å². The molecule has 202 valence electrons. The number of aliphatic carboxylic acids is 1. The van der Waals surface area contributed by atoms with Gasteiger partial charge < -0.3 is 15.3 Å². The molecule has 1 aliphatic rings. The zero-order chi connectivity index (χ0) is 28.0. The number of nitrogens with zero attached hydrogens (tertiary/aromatic N) is 2. The molecule has 8 nitrogen and oxygen atoms in total. The Morgan fingerprint density at radius 2 is 1.53 bits per heavy atom. The van der Waals surface area contributed by atoms with Crippen LogP contribution in [0.4, 0.5) is 4.79 Å². The summed E-state index contributed by atoms with van der Waals surface area (Å²) in [5.74, 6) is -1.99. The van der Waals surface area contributed by atoms with E-state index in [-0.39, 0.29) is 25.3 Å². The molecule has 38 heavy (non-hydrogen) atoms. The Bertz CT molecular complexity index is 1190. The van der Waals surface area contributed by atoms with Crippen molar-refractivity contribution in [3.63, 3.8) is 0 Å². The fraction of sp³-hybridized carbons (Fsp3) is 0.400. The summed E-state index contributed by atoms with van der Waals surface area (Å²) in [5, 5.41) is 11.7. The number of carbonyl (C=O) groups is 4. The molecule has 3 rings (SSSR count).